The zero-order chi connectivity index (χ0) is 18.7. The maximum atomic E-state index is 12.5. The number of fused-ring (bicyclic) bond motifs is 1. The summed E-state index contributed by atoms with van der Waals surface area (Å²) in [7, 11) is 0. The standard InChI is InChI=1S/C20H19NO5/c1-3-6-12(2)20(24)26-19-15(22)9-8-13-16(23)11-17(25-18(13)19)14-7-4-5-10-21-14/h4-10,17,22H,3,11H2,1-2H3. The highest BCUT2D eigenvalue weighted by Crippen LogP contribution is 2.45. The summed E-state index contributed by atoms with van der Waals surface area (Å²) in [6, 6.07) is 8.11. The molecule has 0 aliphatic carbocycles. The molecule has 0 amide bonds. The van der Waals surface area contributed by atoms with Crippen molar-refractivity contribution >= 4 is 11.8 Å². The fraction of sp³-hybridized carbons (Fsp3) is 0.250. The van der Waals surface area contributed by atoms with Crippen LogP contribution in [0.3, 0.4) is 0 Å². The number of ether oxygens (including phenoxy) is 2. The van der Waals surface area contributed by atoms with Gasteiger partial charge in [0.15, 0.2) is 17.3 Å². The molecule has 3 rings (SSSR count). The number of phenolic OH excluding ortho intramolecular Hbond substituents is 1. The smallest absolute Gasteiger partial charge is 0.339 e. The number of nitrogens with zero attached hydrogens (tertiary/aromatic N) is 1. The van der Waals surface area contributed by atoms with Gasteiger partial charge in [0.2, 0.25) is 5.75 Å². The van der Waals surface area contributed by atoms with Gasteiger partial charge in [-0.15, -0.1) is 0 Å². The summed E-state index contributed by atoms with van der Waals surface area (Å²) >= 11 is 0. The second kappa shape index (κ2) is 7.39. The van der Waals surface area contributed by atoms with Crippen molar-refractivity contribution in [1.82, 2.24) is 4.98 Å². The number of benzene rings is 1. The molecule has 134 valence electrons. The average molecular weight is 353 g/mol. The summed E-state index contributed by atoms with van der Waals surface area (Å²) in [4.78, 5) is 29.0. The summed E-state index contributed by atoms with van der Waals surface area (Å²) < 4.78 is 11.2. The Hall–Kier alpha value is -3.15. The van der Waals surface area contributed by atoms with E-state index in [0.717, 1.165) is 0 Å². The van der Waals surface area contributed by atoms with E-state index < -0.39 is 12.1 Å². The topological polar surface area (TPSA) is 85.7 Å². The van der Waals surface area contributed by atoms with E-state index in [2.05, 4.69) is 4.98 Å². The van der Waals surface area contributed by atoms with E-state index in [1.807, 2.05) is 6.92 Å². The van der Waals surface area contributed by atoms with Crippen molar-refractivity contribution in [1.29, 1.82) is 0 Å². The first-order chi connectivity index (χ1) is 12.5. The number of esters is 1. The van der Waals surface area contributed by atoms with Gasteiger partial charge in [0.1, 0.15) is 6.10 Å². The second-order valence-corrected chi connectivity index (χ2v) is 5.96. The average Bonchev–Trinajstić information content (AvgIpc) is 2.64. The van der Waals surface area contributed by atoms with E-state index in [4.69, 9.17) is 9.47 Å². The predicted molar refractivity (Wildman–Crippen MR) is 94.3 cm³/mol. The number of hydrogen-bond donors (Lipinski definition) is 1. The molecule has 1 N–H and O–H groups in total. The fourth-order valence-electron chi connectivity index (χ4n) is 2.74. The maximum Gasteiger partial charge on any atom is 0.339 e. The maximum absolute atomic E-state index is 12.5. The van der Waals surface area contributed by atoms with Crippen LogP contribution in [0.2, 0.25) is 0 Å². The Bertz CT molecular complexity index is 873. The van der Waals surface area contributed by atoms with E-state index >= 15 is 0 Å². The molecule has 6 nitrogen and oxygen atoms in total. The number of phenols is 1. The molecule has 1 aliphatic rings. The van der Waals surface area contributed by atoms with Gasteiger partial charge in [-0.2, -0.15) is 0 Å². The Balaban J connectivity index is 1.98. The minimum Gasteiger partial charge on any atom is -0.504 e. The van der Waals surface area contributed by atoms with Crippen LogP contribution in [0.1, 0.15) is 48.8 Å². The van der Waals surface area contributed by atoms with E-state index in [0.29, 0.717) is 17.7 Å². The van der Waals surface area contributed by atoms with Gasteiger partial charge in [-0.3, -0.25) is 9.78 Å². The second-order valence-electron chi connectivity index (χ2n) is 5.96. The normalized spacial score (nSPS) is 16.6. The van der Waals surface area contributed by atoms with Crippen LogP contribution in [0, 0.1) is 0 Å². The lowest BCUT2D eigenvalue weighted by Gasteiger charge is -2.26. The molecule has 1 unspecified atom stereocenters. The Morgan fingerprint density at radius 2 is 2.19 bits per heavy atom. The number of rotatable bonds is 4. The predicted octanol–water partition coefficient (Wildman–Crippen LogP) is 3.76. The Kier molecular flexibility index (Phi) is 5.02. The first-order valence-corrected chi connectivity index (χ1v) is 8.37. The van der Waals surface area contributed by atoms with Crippen LogP contribution in [0.5, 0.6) is 17.2 Å². The molecule has 0 saturated carbocycles. The molecule has 0 saturated heterocycles. The highest BCUT2D eigenvalue weighted by Gasteiger charge is 2.33. The number of carbonyl (C=O) groups excluding carboxylic acids is 2. The van der Waals surface area contributed by atoms with Gasteiger partial charge in [-0.25, -0.2) is 4.79 Å². The molecule has 1 atom stereocenters. The van der Waals surface area contributed by atoms with E-state index in [1.165, 1.54) is 12.1 Å². The summed E-state index contributed by atoms with van der Waals surface area (Å²) in [5.41, 5.74) is 1.27. The number of allylic oxidation sites excluding steroid dienone is 1. The number of pyridine rings is 1. The molecule has 0 fully saturated rings. The molecule has 1 aromatic carbocycles. The third-order valence-corrected chi connectivity index (χ3v) is 4.07. The van der Waals surface area contributed by atoms with Crippen LogP contribution in [-0.4, -0.2) is 21.8 Å². The summed E-state index contributed by atoms with van der Waals surface area (Å²) in [5, 5.41) is 10.2. The number of carbonyl (C=O) groups is 2. The molecule has 2 heterocycles. The number of aromatic nitrogens is 1. The van der Waals surface area contributed by atoms with E-state index in [1.54, 1.807) is 37.4 Å². The minimum absolute atomic E-state index is 0.0644. The van der Waals surface area contributed by atoms with Crippen molar-refractivity contribution in [3.05, 3.63) is 59.4 Å². The molecule has 0 spiro atoms. The Morgan fingerprint density at radius 3 is 2.88 bits per heavy atom. The molecule has 1 aromatic heterocycles. The van der Waals surface area contributed by atoms with E-state index in [-0.39, 0.29) is 35.0 Å². The van der Waals surface area contributed by atoms with Crippen molar-refractivity contribution in [2.24, 2.45) is 0 Å². The summed E-state index contributed by atoms with van der Waals surface area (Å²) in [6.45, 7) is 3.53. The lowest BCUT2D eigenvalue weighted by atomic mass is 9.98. The molecule has 26 heavy (non-hydrogen) atoms. The van der Waals surface area contributed by atoms with Crippen LogP contribution in [-0.2, 0) is 4.79 Å². The third kappa shape index (κ3) is 3.44. The van der Waals surface area contributed by atoms with E-state index in [9.17, 15) is 14.7 Å². The van der Waals surface area contributed by atoms with Gasteiger partial charge in [0, 0.05) is 11.8 Å². The van der Waals surface area contributed by atoms with Crippen molar-refractivity contribution in [3.8, 4) is 17.2 Å². The largest absolute Gasteiger partial charge is 0.504 e. The van der Waals surface area contributed by atoms with Gasteiger partial charge >= 0.3 is 5.97 Å². The van der Waals surface area contributed by atoms with Crippen molar-refractivity contribution in [2.45, 2.75) is 32.8 Å². The number of hydrogen-bond acceptors (Lipinski definition) is 6. The lowest BCUT2D eigenvalue weighted by molar-refractivity contribution is -0.130. The van der Waals surface area contributed by atoms with Crippen LogP contribution in [0.15, 0.2) is 48.2 Å². The number of ketones is 1. The van der Waals surface area contributed by atoms with Crippen LogP contribution < -0.4 is 9.47 Å². The summed E-state index contributed by atoms with van der Waals surface area (Å²) in [5.74, 6) is -1.12. The highest BCUT2D eigenvalue weighted by molar-refractivity contribution is 6.02. The Labute approximate surface area is 151 Å². The lowest BCUT2D eigenvalue weighted by Crippen LogP contribution is -2.22. The minimum atomic E-state index is -0.609. The molecule has 0 bridgehead atoms. The van der Waals surface area contributed by atoms with Gasteiger partial charge in [-0.05, 0) is 37.6 Å². The third-order valence-electron chi connectivity index (χ3n) is 4.07. The molecule has 1 aliphatic heterocycles. The highest BCUT2D eigenvalue weighted by atomic mass is 16.6. The number of Topliss-reactive ketones (excluding diaryl/α,β-unsaturated/α-hetero) is 1. The zero-order valence-corrected chi connectivity index (χ0v) is 14.6. The first-order valence-electron chi connectivity index (χ1n) is 8.37. The monoisotopic (exact) mass is 353 g/mol. The molecule has 2 aromatic rings. The van der Waals surface area contributed by atoms with Crippen molar-refractivity contribution in [2.75, 3.05) is 0 Å². The Morgan fingerprint density at radius 1 is 1.38 bits per heavy atom. The number of aromatic hydroxyl groups is 1. The molecular formula is C20H19NO5. The van der Waals surface area contributed by atoms with Crippen molar-refractivity contribution < 1.29 is 24.2 Å². The fourth-order valence-corrected chi connectivity index (χ4v) is 2.74. The zero-order valence-electron chi connectivity index (χ0n) is 14.6. The van der Waals surface area contributed by atoms with Crippen molar-refractivity contribution in [3.63, 3.8) is 0 Å². The first kappa shape index (κ1) is 17.7. The SMILES string of the molecule is CCC=C(C)C(=O)Oc1c(O)ccc2c1OC(c1ccccn1)CC2=O. The quantitative estimate of drug-likeness (QED) is 0.512. The van der Waals surface area contributed by atoms with Gasteiger partial charge < -0.3 is 14.6 Å². The summed E-state index contributed by atoms with van der Waals surface area (Å²) in [6.07, 6.45) is 3.52. The molecule has 0 radical (unpaired) electrons. The van der Waals surface area contributed by atoms with Gasteiger partial charge in [0.25, 0.3) is 0 Å². The molecule has 6 heteroatoms. The van der Waals surface area contributed by atoms with Crippen LogP contribution in [0.4, 0.5) is 0 Å². The van der Waals surface area contributed by atoms with Gasteiger partial charge in [-0.1, -0.05) is 19.1 Å². The van der Waals surface area contributed by atoms with Crippen LogP contribution in [0.25, 0.3) is 0 Å². The molecular weight excluding hydrogens is 334 g/mol. The van der Waals surface area contributed by atoms with Gasteiger partial charge in [0.05, 0.1) is 17.7 Å². The van der Waals surface area contributed by atoms with Crippen LogP contribution >= 0.6 is 0 Å².